The molecule has 0 spiro atoms. The number of aliphatic hydroxyl groups is 1. The summed E-state index contributed by atoms with van der Waals surface area (Å²) in [6, 6.07) is 5.62. The second-order valence-electron chi connectivity index (χ2n) is 4.91. The smallest absolute Gasteiger partial charge is 0.122 e. The zero-order valence-electron chi connectivity index (χ0n) is 10.2. The van der Waals surface area contributed by atoms with Crippen molar-refractivity contribution in [3.8, 4) is 5.75 Å². The third kappa shape index (κ3) is 3.62. The molecule has 1 aliphatic carbocycles. The molecule has 2 rings (SSSR count). The van der Waals surface area contributed by atoms with Gasteiger partial charge in [0.05, 0.1) is 12.7 Å². The van der Waals surface area contributed by atoms with Gasteiger partial charge in [0.1, 0.15) is 5.75 Å². The second kappa shape index (κ2) is 5.74. The Hall–Kier alpha value is -0.730. The summed E-state index contributed by atoms with van der Waals surface area (Å²) in [5.41, 5.74) is 0.992. The van der Waals surface area contributed by atoms with Crippen LogP contribution in [0.25, 0.3) is 0 Å². The van der Waals surface area contributed by atoms with Gasteiger partial charge in [-0.25, -0.2) is 0 Å². The first kappa shape index (κ1) is 12.7. The van der Waals surface area contributed by atoms with E-state index in [1.54, 1.807) is 6.92 Å². The fourth-order valence-corrected chi connectivity index (χ4v) is 2.23. The molecule has 0 aliphatic heterocycles. The van der Waals surface area contributed by atoms with E-state index >= 15 is 0 Å². The van der Waals surface area contributed by atoms with Crippen molar-refractivity contribution < 1.29 is 9.84 Å². The molecular weight excluding hydrogens is 236 g/mol. The van der Waals surface area contributed by atoms with E-state index in [9.17, 15) is 5.11 Å². The summed E-state index contributed by atoms with van der Waals surface area (Å²) in [5, 5.41) is 10.1. The van der Waals surface area contributed by atoms with Gasteiger partial charge >= 0.3 is 0 Å². The molecule has 1 aromatic rings. The first-order chi connectivity index (χ1) is 8.15. The van der Waals surface area contributed by atoms with Crippen LogP contribution in [0.5, 0.6) is 5.75 Å². The van der Waals surface area contributed by atoms with Crippen LogP contribution in [0.1, 0.15) is 31.7 Å². The third-order valence-corrected chi connectivity index (χ3v) is 3.47. The highest BCUT2D eigenvalue weighted by atomic mass is 35.5. The van der Waals surface area contributed by atoms with E-state index in [1.165, 1.54) is 19.3 Å². The van der Waals surface area contributed by atoms with Gasteiger partial charge in [-0.15, -0.1) is 0 Å². The van der Waals surface area contributed by atoms with Crippen LogP contribution < -0.4 is 4.74 Å². The topological polar surface area (TPSA) is 29.5 Å². The second-order valence-corrected chi connectivity index (χ2v) is 5.35. The molecule has 0 radical (unpaired) electrons. The minimum atomic E-state index is -0.375. The lowest BCUT2D eigenvalue weighted by Gasteiger charge is -2.25. The molecule has 1 fully saturated rings. The normalized spacial score (nSPS) is 17.6. The minimum absolute atomic E-state index is 0.375. The summed E-state index contributed by atoms with van der Waals surface area (Å²) >= 11 is 5.96. The van der Waals surface area contributed by atoms with Crippen LogP contribution >= 0.6 is 11.6 Å². The first-order valence-corrected chi connectivity index (χ1v) is 6.62. The Morgan fingerprint density at radius 1 is 1.47 bits per heavy atom. The van der Waals surface area contributed by atoms with Gasteiger partial charge in [-0.1, -0.05) is 18.0 Å². The van der Waals surface area contributed by atoms with Crippen LogP contribution in [-0.4, -0.2) is 17.8 Å². The largest absolute Gasteiger partial charge is 0.493 e. The molecule has 0 aromatic heterocycles. The molecule has 0 saturated heterocycles. The SMILES string of the molecule is CC(O)Cc1cc(Cl)ccc1OCC1CCC1. The van der Waals surface area contributed by atoms with Crippen LogP contribution in [0, 0.1) is 5.92 Å². The molecule has 1 unspecified atom stereocenters. The lowest BCUT2D eigenvalue weighted by atomic mass is 9.86. The summed E-state index contributed by atoms with van der Waals surface area (Å²) in [5.74, 6) is 1.58. The van der Waals surface area contributed by atoms with Crippen molar-refractivity contribution in [2.75, 3.05) is 6.61 Å². The van der Waals surface area contributed by atoms with E-state index in [2.05, 4.69) is 0 Å². The van der Waals surface area contributed by atoms with Crippen molar-refractivity contribution in [1.29, 1.82) is 0 Å². The van der Waals surface area contributed by atoms with Crippen LogP contribution in [0.15, 0.2) is 18.2 Å². The van der Waals surface area contributed by atoms with Crippen LogP contribution in [0.2, 0.25) is 5.02 Å². The fraction of sp³-hybridized carbons (Fsp3) is 0.571. The number of benzene rings is 1. The highest BCUT2D eigenvalue weighted by Gasteiger charge is 2.18. The number of halogens is 1. The molecule has 1 N–H and O–H groups in total. The van der Waals surface area contributed by atoms with Crippen molar-refractivity contribution in [2.45, 2.75) is 38.7 Å². The average molecular weight is 255 g/mol. The molecule has 3 heteroatoms. The summed E-state index contributed by atoms with van der Waals surface area (Å²) < 4.78 is 5.83. The van der Waals surface area contributed by atoms with E-state index < -0.39 is 0 Å². The summed E-state index contributed by atoms with van der Waals surface area (Å²) in [4.78, 5) is 0. The van der Waals surface area contributed by atoms with Crippen LogP contribution in [0.4, 0.5) is 0 Å². The number of aliphatic hydroxyl groups excluding tert-OH is 1. The Morgan fingerprint density at radius 2 is 2.24 bits per heavy atom. The van der Waals surface area contributed by atoms with Gasteiger partial charge in [-0.2, -0.15) is 0 Å². The van der Waals surface area contributed by atoms with E-state index in [0.29, 0.717) is 17.4 Å². The molecule has 1 aromatic carbocycles. The van der Waals surface area contributed by atoms with Crippen molar-refractivity contribution in [3.05, 3.63) is 28.8 Å². The number of ether oxygens (including phenoxy) is 1. The minimum Gasteiger partial charge on any atom is -0.493 e. The molecule has 1 aliphatic rings. The van der Waals surface area contributed by atoms with Crippen molar-refractivity contribution in [3.63, 3.8) is 0 Å². The molecule has 0 amide bonds. The Balaban J connectivity index is 2.02. The molecular formula is C14H19ClO2. The fourth-order valence-electron chi connectivity index (χ4n) is 2.03. The first-order valence-electron chi connectivity index (χ1n) is 6.24. The lowest BCUT2D eigenvalue weighted by molar-refractivity contribution is 0.173. The number of hydrogen-bond acceptors (Lipinski definition) is 2. The van der Waals surface area contributed by atoms with Gasteiger partial charge in [0.25, 0.3) is 0 Å². The summed E-state index contributed by atoms with van der Waals surface area (Å²) in [6.07, 6.45) is 4.09. The molecule has 0 bridgehead atoms. The maximum atomic E-state index is 9.46. The Kier molecular flexibility index (Phi) is 4.30. The highest BCUT2D eigenvalue weighted by molar-refractivity contribution is 6.30. The van der Waals surface area contributed by atoms with E-state index in [4.69, 9.17) is 16.3 Å². The van der Waals surface area contributed by atoms with Gasteiger partial charge in [0, 0.05) is 11.4 Å². The van der Waals surface area contributed by atoms with E-state index in [0.717, 1.165) is 17.9 Å². The maximum absolute atomic E-state index is 9.46. The molecule has 0 heterocycles. The zero-order chi connectivity index (χ0) is 12.3. The lowest BCUT2D eigenvalue weighted by Crippen LogP contribution is -2.20. The average Bonchev–Trinajstić information content (AvgIpc) is 2.17. The molecule has 17 heavy (non-hydrogen) atoms. The predicted molar refractivity (Wildman–Crippen MR) is 69.7 cm³/mol. The standard InChI is InChI=1S/C14H19ClO2/c1-10(16)7-12-8-13(15)5-6-14(12)17-9-11-3-2-4-11/h5-6,8,10-11,16H,2-4,7,9H2,1H3. The quantitative estimate of drug-likeness (QED) is 0.872. The van der Waals surface area contributed by atoms with Crippen molar-refractivity contribution >= 4 is 11.6 Å². The maximum Gasteiger partial charge on any atom is 0.122 e. The van der Waals surface area contributed by atoms with Gasteiger partial charge in [0.2, 0.25) is 0 Å². The number of rotatable bonds is 5. The van der Waals surface area contributed by atoms with Gasteiger partial charge in [-0.05, 0) is 49.4 Å². The molecule has 2 nitrogen and oxygen atoms in total. The van der Waals surface area contributed by atoms with Crippen LogP contribution in [0.3, 0.4) is 0 Å². The Morgan fingerprint density at radius 3 is 2.82 bits per heavy atom. The zero-order valence-corrected chi connectivity index (χ0v) is 10.9. The molecule has 1 atom stereocenters. The predicted octanol–water partition coefficient (Wildman–Crippen LogP) is 3.44. The van der Waals surface area contributed by atoms with Crippen molar-refractivity contribution in [2.24, 2.45) is 5.92 Å². The molecule has 94 valence electrons. The Labute approximate surface area is 108 Å². The van der Waals surface area contributed by atoms with Gasteiger partial charge < -0.3 is 9.84 Å². The van der Waals surface area contributed by atoms with Crippen LogP contribution in [-0.2, 0) is 6.42 Å². The monoisotopic (exact) mass is 254 g/mol. The summed E-state index contributed by atoms with van der Waals surface area (Å²) in [7, 11) is 0. The molecule has 1 saturated carbocycles. The van der Waals surface area contributed by atoms with Crippen molar-refractivity contribution in [1.82, 2.24) is 0 Å². The summed E-state index contributed by atoms with van der Waals surface area (Å²) in [6.45, 7) is 2.56. The van der Waals surface area contributed by atoms with Gasteiger partial charge in [0.15, 0.2) is 0 Å². The number of hydrogen-bond donors (Lipinski definition) is 1. The third-order valence-electron chi connectivity index (χ3n) is 3.24. The highest BCUT2D eigenvalue weighted by Crippen LogP contribution is 2.29. The van der Waals surface area contributed by atoms with E-state index in [1.807, 2.05) is 18.2 Å². The van der Waals surface area contributed by atoms with E-state index in [-0.39, 0.29) is 6.10 Å². The van der Waals surface area contributed by atoms with Gasteiger partial charge in [-0.3, -0.25) is 0 Å². The Bertz CT molecular complexity index is 372.